The predicted octanol–water partition coefficient (Wildman–Crippen LogP) is 1.71. The fourth-order valence-electron chi connectivity index (χ4n) is 2.15. The van der Waals surface area contributed by atoms with Crippen LogP contribution < -0.4 is 10.1 Å². The quantitative estimate of drug-likeness (QED) is 0.869. The Hall–Kier alpha value is -1.11. The second kappa shape index (κ2) is 7.24. The molecule has 0 amide bonds. The van der Waals surface area contributed by atoms with Gasteiger partial charge in [0.15, 0.2) is 0 Å². The third-order valence-electron chi connectivity index (χ3n) is 3.50. The number of benzene rings is 1. The molecule has 0 aliphatic carbocycles. The second-order valence-corrected chi connectivity index (χ2v) is 7.59. The Kier molecular flexibility index (Phi) is 5.61. The first-order valence-electron chi connectivity index (χ1n) is 7.44. The van der Waals surface area contributed by atoms with Gasteiger partial charge < -0.3 is 10.1 Å². The van der Waals surface area contributed by atoms with E-state index in [0.717, 1.165) is 12.2 Å². The summed E-state index contributed by atoms with van der Waals surface area (Å²) in [5, 5.41) is 3.15. The molecule has 0 saturated carbocycles. The summed E-state index contributed by atoms with van der Waals surface area (Å²) >= 11 is 0. The molecule has 1 saturated heterocycles. The summed E-state index contributed by atoms with van der Waals surface area (Å²) in [6.07, 6.45) is 0.987. The number of hydrogen-bond donors (Lipinski definition) is 1. The monoisotopic (exact) mass is 312 g/mol. The molecule has 1 fully saturated rings. The zero-order valence-electron chi connectivity index (χ0n) is 12.7. The molecule has 0 atom stereocenters. The van der Waals surface area contributed by atoms with Crippen LogP contribution in [0, 0.1) is 5.92 Å². The van der Waals surface area contributed by atoms with Crippen LogP contribution in [0.5, 0.6) is 5.75 Å². The summed E-state index contributed by atoms with van der Waals surface area (Å²) in [5.74, 6) is 1.31. The van der Waals surface area contributed by atoms with Gasteiger partial charge in [-0.25, -0.2) is 8.42 Å². The van der Waals surface area contributed by atoms with Crippen molar-refractivity contribution in [2.75, 3.05) is 32.8 Å². The number of hydrogen-bond acceptors (Lipinski definition) is 4. The molecular formula is C15H24N2O3S. The van der Waals surface area contributed by atoms with Crippen molar-refractivity contribution in [3.63, 3.8) is 0 Å². The summed E-state index contributed by atoms with van der Waals surface area (Å²) in [4.78, 5) is 0.334. The van der Waals surface area contributed by atoms with Gasteiger partial charge in [0.2, 0.25) is 10.0 Å². The second-order valence-electron chi connectivity index (χ2n) is 5.66. The van der Waals surface area contributed by atoms with E-state index < -0.39 is 10.0 Å². The molecule has 2 rings (SSSR count). The standard InChI is InChI=1S/C15H24N2O3S/c1-13(2)7-12-20-14-3-5-15(6-4-14)21(18,19)17-10-8-16-9-11-17/h3-6,13,16H,7-12H2,1-2H3. The van der Waals surface area contributed by atoms with Gasteiger partial charge in [0.05, 0.1) is 11.5 Å². The lowest BCUT2D eigenvalue weighted by molar-refractivity contribution is 0.289. The highest BCUT2D eigenvalue weighted by molar-refractivity contribution is 7.89. The van der Waals surface area contributed by atoms with Gasteiger partial charge in [-0.2, -0.15) is 4.31 Å². The van der Waals surface area contributed by atoms with Crippen molar-refractivity contribution >= 4 is 10.0 Å². The van der Waals surface area contributed by atoms with Crippen LogP contribution in [0.2, 0.25) is 0 Å². The predicted molar refractivity (Wildman–Crippen MR) is 83.0 cm³/mol. The smallest absolute Gasteiger partial charge is 0.243 e. The first-order valence-corrected chi connectivity index (χ1v) is 8.88. The first kappa shape index (κ1) is 16.3. The molecule has 1 aromatic rings. The van der Waals surface area contributed by atoms with Crippen molar-refractivity contribution in [1.29, 1.82) is 0 Å². The Morgan fingerprint density at radius 3 is 2.38 bits per heavy atom. The van der Waals surface area contributed by atoms with Crippen LogP contribution in [0.3, 0.4) is 0 Å². The normalized spacial score (nSPS) is 17.1. The average molecular weight is 312 g/mol. The van der Waals surface area contributed by atoms with E-state index in [1.54, 1.807) is 24.3 Å². The van der Waals surface area contributed by atoms with E-state index in [1.165, 1.54) is 4.31 Å². The molecule has 1 heterocycles. The topological polar surface area (TPSA) is 58.6 Å². The summed E-state index contributed by atoms with van der Waals surface area (Å²) in [6.45, 7) is 7.40. The van der Waals surface area contributed by atoms with E-state index in [4.69, 9.17) is 4.74 Å². The van der Waals surface area contributed by atoms with Crippen molar-refractivity contribution in [1.82, 2.24) is 9.62 Å². The molecule has 0 aromatic heterocycles. The molecule has 5 nitrogen and oxygen atoms in total. The molecule has 0 spiro atoms. The first-order chi connectivity index (χ1) is 10.00. The highest BCUT2D eigenvalue weighted by atomic mass is 32.2. The molecule has 1 aliphatic heterocycles. The Bertz CT molecular complexity index is 535. The summed E-state index contributed by atoms with van der Waals surface area (Å²) in [6, 6.07) is 6.72. The zero-order chi connectivity index (χ0) is 15.3. The fraction of sp³-hybridized carbons (Fsp3) is 0.600. The molecule has 1 aliphatic rings. The summed E-state index contributed by atoms with van der Waals surface area (Å²) < 4.78 is 32.1. The molecular weight excluding hydrogens is 288 g/mol. The maximum absolute atomic E-state index is 12.5. The fourth-order valence-corrected chi connectivity index (χ4v) is 3.60. The van der Waals surface area contributed by atoms with E-state index in [1.807, 2.05) is 0 Å². The van der Waals surface area contributed by atoms with Gasteiger partial charge in [-0.05, 0) is 36.6 Å². The Morgan fingerprint density at radius 2 is 1.81 bits per heavy atom. The van der Waals surface area contributed by atoms with Gasteiger partial charge in [0.1, 0.15) is 5.75 Å². The highest BCUT2D eigenvalue weighted by Gasteiger charge is 2.25. The molecule has 1 aromatic carbocycles. The number of rotatable bonds is 6. The number of ether oxygens (including phenoxy) is 1. The summed E-state index contributed by atoms with van der Waals surface area (Å²) in [7, 11) is -3.37. The van der Waals surface area contributed by atoms with Crippen LogP contribution in [0.25, 0.3) is 0 Å². The van der Waals surface area contributed by atoms with E-state index in [2.05, 4.69) is 19.2 Å². The Labute approximate surface area is 127 Å². The van der Waals surface area contributed by atoms with Crippen LogP contribution in [0.15, 0.2) is 29.2 Å². The minimum atomic E-state index is -3.37. The maximum Gasteiger partial charge on any atom is 0.243 e. The van der Waals surface area contributed by atoms with Crippen LogP contribution in [0.1, 0.15) is 20.3 Å². The van der Waals surface area contributed by atoms with Crippen molar-refractivity contribution in [3.8, 4) is 5.75 Å². The Morgan fingerprint density at radius 1 is 1.19 bits per heavy atom. The van der Waals surface area contributed by atoms with Gasteiger partial charge in [-0.1, -0.05) is 13.8 Å². The minimum absolute atomic E-state index is 0.334. The molecule has 0 radical (unpaired) electrons. The van der Waals surface area contributed by atoms with Crippen molar-refractivity contribution in [3.05, 3.63) is 24.3 Å². The number of piperazine rings is 1. The molecule has 21 heavy (non-hydrogen) atoms. The lowest BCUT2D eigenvalue weighted by atomic mass is 10.1. The minimum Gasteiger partial charge on any atom is -0.494 e. The van der Waals surface area contributed by atoms with Crippen LogP contribution >= 0.6 is 0 Å². The zero-order valence-corrected chi connectivity index (χ0v) is 13.5. The molecule has 118 valence electrons. The number of sulfonamides is 1. The molecule has 0 bridgehead atoms. The van der Waals surface area contributed by atoms with Gasteiger partial charge >= 0.3 is 0 Å². The van der Waals surface area contributed by atoms with E-state index in [-0.39, 0.29) is 0 Å². The van der Waals surface area contributed by atoms with Gasteiger partial charge in [0, 0.05) is 26.2 Å². The lowest BCUT2D eigenvalue weighted by Gasteiger charge is -2.26. The lowest BCUT2D eigenvalue weighted by Crippen LogP contribution is -2.46. The SMILES string of the molecule is CC(C)CCOc1ccc(S(=O)(=O)N2CCNCC2)cc1. The maximum atomic E-state index is 12.5. The summed E-state index contributed by atoms with van der Waals surface area (Å²) in [5.41, 5.74) is 0. The third kappa shape index (κ3) is 4.43. The van der Waals surface area contributed by atoms with E-state index >= 15 is 0 Å². The average Bonchev–Trinajstić information content (AvgIpc) is 2.48. The highest BCUT2D eigenvalue weighted by Crippen LogP contribution is 2.20. The van der Waals surface area contributed by atoms with Crippen LogP contribution in [-0.4, -0.2) is 45.5 Å². The van der Waals surface area contributed by atoms with E-state index in [9.17, 15) is 8.42 Å². The Balaban J connectivity index is 2.00. The third-order valence-corrected chi connectivity index (χ3v) is 5.41. The van der Waals surface area contributed by atoms with Crippen LogP contribution in [0.4, 0.5) is 0 Å². The van der Waals surface area contributed by atoms with Crippen molar-refractivity contribution < 1.29 is 13.2 Å². The van der Waals surface area contributed by atoms with E-state index in [0.29, 0.717) is 43.6 Å². The van der Waals surface area contributed by atoms with Crippen molar-refractivity contribution in [2.45, 2.75) is 25.2 Å². The van der Waals surface area contributed by atoms with Crippen LogP contribution in [-0.2, 0) is 10.0 Å². The molecule has 1 N–H and O–H groups in total. The molecule has 6 heteroatoms. The molecule has 0 unspecified atom stereocenters. The van der Waals surface area contributed by atoms with Gasteiger partial charge in [-0.3, -0.25) is 0 Å². The van der Waals surface area contributed by atoms with Crippen molar-refractivity contribution in [2.24, 2.45) is 5.92 Å². The largest absolute Gasteiger partial charge is 0.494 e. The van der Waals surface area contributed by atoms with Gasteiger partial charge in [0.25, 0.3) is 0 Å². The number of nitrogens with zero attached hydrogens (tertiary/aromatic N) is 1. The number of nitrogens with one attached hydrogen (secondary N) is 1. The van der Waals surface area contributed by atoms with Gasteiger partial charge in [-0.15, -0.1) is 0 Å².